The zero-order valence-corrected chi connectivity index (χ0v) is 14.5. The highest BCUT2D eigenvalue weighted by atomic mass is 16.5. The van der Waals surface area contributed by atoms with E-state index in [2.05, 4.69) is 29.0 Å². The van der Waals surface area contributed by atoms with Crippen molar-refractivity contribution < 1.29 is 14.3 Å². The first-order valence-corrected chi connectivity index (χ1v) is 7.86. The first-order valence-electron chi connectivity index (χ1n) is 7.86. The van der Waals surface area contributed by atoms with Gasteiger partial charge in [-0.15, -0.1) is 0 Å². The van der Waals surface area contributed by atoms with Gasteiger partial charge in [-0.25, -0.2) is 0 Å². The maximum Gasteiger partial charge on any atom is 0.257 e. The van der Waals surface area contributed by atoms with E-state index in [1.54, 1.807) is 44.8 Å². The van der Waals surface area contributed by atoms with E-state index in [0.29, 0.717) is 22.7 Å². The van der Waals surface area contributed by atoms with E-state index in [1.165, 1.54) is 0 Å². The molecule has 0 unspecified atom stereocenters. The molecule has 6 heteroatoms. The lowest BCUT2D eigenvalue weighted by molar-refractivity contribution is 0.102. The molecule has 0 saturated carbocycles. The van der Waals surface area contributed by atoms with E-state index in [-0.39, 0.29) is 5.91 Å². The Balaban J connectivity index is 2.19. The molecule has 0 radical (unpaired) electrons. The number of hydrogen-bond donors (Lipinski definition) is 1. The number of pyridine rings is 1. The average molecular weight is 329 g/mol. The summed E-state index contributed by atoms with van der Waals surface area (Å²) in [6, 6.07) is 7.08. The average Bonchev–Trinajstić information content (AvgIpc) is 2.63. The van der Waals surface area contributed by atoms with Crippen LogP contribution in [0.15, 0.2) is 36.7 Å². The summed E-state index contributed by atoms with van der Waals surface area (Å²) < 4.78 is 10.4. The standard InChI is InChI=1S/C18H23N3O3/c1-5-21(6-2)15-9-13(11-19-12-15)18(22)20-14-7-8-16(23-3)17(10-14)24-4/h7-12H,5-6H2,1-4H3,(H,20,22). The Morgan fingerprint density at radius 2 is 1.79 bits per heavy atom. The highest BCUT2D eigenvalue weighted by molar-refractivity contribution is 6.04. The van der Waals surface area contributed by atoms with E-state index in [1.807, 2.05) is 6.07 Å². The molecule has 1 N–H and O–H groups in total. The molecule has 128 valence electrons. The van der Waals surface area contributed by atoms with Crippen LogP contribution >= 0.6 is 0 Å². The van der Waals surface area contributed by atoms with Crippen LogP contribution in [0.25, 0.3) is 0 Å². The lowest BCUT2D eigenvalue weighted by atomic mass is 10.2. The number of methoxy groups -OCH3 is 2. The van der Waals surface area contributed by atoms with Crippen LogP contribution in [0.3, 0.4) is 0 Å². The molecule has 0 aliphatic carbocycles. The van der Waals surface area contributed by atoms with E-state index in [4.69, 9.17) is 9.47 Å². The SMILES string of the molecule is CCN(CC)c1cncc(C(=O)Nc2ccc(OC)c(OC)c2)c1. The number of ether oxygens (including phenoxy) is 2. The number of carbonyl (C=O) groups is 1. The summed E-state index contributed by atoms with van der Waals surface area (Å²) in [5.74, 6) is 0.953. The zero-order chi connectivity index (χ0) is 17.5. The van der Waals surface area contributed by atoms with Crippen LogP contribution in [0, 0.1) is 0 Å². The molecule has 0 atom stereocenters. The zero-order valence-electron chi connectivity index (χ0n) is 14.5. The Hall–Kier alpha value is -2.76. The van der Waals surface area contributed by atoms with Gasteiger partial charge in [0.1, 0.15) is 0 Å². The predicted octanol–water partition coefficient (Wildman–Crippen LogP) is 3.20. The van der Waals surface area contributed by atoms with Crippen LogP contribution in [0.5, 0.6) is 11.5 Å². The number of carbonyl (C=O) groups excluding carboxylic acids is 1. The van der Waals surface area contributed by atoms with E-state index >= 15 is 0 Å². The maximum absolute atomic E-state index is 12.5. The van der Waals surface area contributed by atoms with Crippen molar-refractivity contribution in [2.75, 3.05) is 37.5 Å². The van der Waals surface area contributed by atoms with E-state index < -0.39 is 0 Å². The number of anilines is 2. The Labute approximate surface area is 142 Å². The fraction of sp³-hybridized carbons (Fsp3) is 0.333. The second kappa shape index (κ2) is 8.19. The van der Waals surface area contributed by atoms with Crippen LogP contribution in [-0.4, -0.2) is 38.2 Å². The Morgan fingerprint density at radius 3 is 2.42 bits per heavy atom. The van der Waals surface area contributed by atoms with E-state index in [0.717, 1.165) is 18.8 Å². The highest BCUT2D eigenvalue weighted by Crippen LogP contribution is 2.30. The van der Waals surface area contributed by atoms with Crippen LogP contribution in [0.2, 0.25) is 0 Å². The molecule has 1 aromatic heterocycles. The quantitative estimate of drug-likeness (QED) is 0.845. The molecule has 0 saturated heterocycles. The molecular weight excluding hydrogens is 306 g/mol. The summed E-state index contributed by atoms with van der Waals surface area (Å²) >= 11 is 0. The molecule has 0 aliphatic rings. The fourth-order valence-corrected chi connectivity index (χ4v) is 2.43. The van der Waals surface area contributed by atoms with Gasteiger partial charge in [-0.2, -0.15) is 0 Å². The van der Waals surface area contributed by atoms with Gasteiger partial charge < -0.3 is 19.7 Å². The second-order valence-electron chi connectivity index (χ2n) is 5.13. The van der Waals surface area contributed by atoms with Crippen molar-refractivity contribution in [3.05, 3.63) is 42.2 Å². The minimum Gasteiger partial charge on any atom is -0.493 e. The first-order chi connectivity index (χ1) is 11.6. The van der Waals surface area contributed by atoms with Crippen molar-refractivity contribution in [3.8, 4) is 11.5 Å². The number of nitrogens with one attached hydrogen (secondary N) is 1. The summed E-state index contributed by atoms with van der Waals surface area (Å²) in [7, 11) is 3.13. The lowest BCUT2D eigenvalue weighted by Crippen LogP contribution is -2.22. The molecule has 2 rings (SSSR count). The third-order valence-electron chi connectivity index (χ3n) is 3.76. The third-order valence-corrected chi connectivity index (χ3v) is 3.76. The van der Waals surface area contributed by atoms with Crippen molar-refractivity contribution in [2.45, 2.75) is 13.8 Å². The van der Waals surface area contributed by atoms with Crippen LogP contribution in [0.4, 0.5) is 11.4 Å². The lowest BCUT2D eigenvalue weighted by Gasteiger charge is -2.20. The largest absolute Gasteiger partial charge is 0.493 e. The Kier molecular flexibility index (Phi) is 6.01. The normalized spacial score (nSPS) is 10.2. The summed E-state index contributed by atoms with van der Waals surface area (Å²) in [6.45, 7) is 5.86. The van der Waals surface area contributed by atoms with Gasteiger partial charge in [-0.3, -0.25) is 9.78 Å². The Morgan fingerprint density at radius 1 is 1.08 bits per heavy atom. The predicted molar refractivity (Wildman–Crippen MR) is 95.3 cm³/mol. The van der Waals surface area contributed by atoms with Gasteiger partial charge in [0.05, 0.1) is 31.7 Å². The third kappa shape index (κ3) is 3.95. The second-order valence-corrected chi connectivity index (χ2v) is 5.13. The number of benzene rings is 1. The summed E-state index contributed by atoms with van der Waals surface area (Å²) in [6.07, 6.45) is 3.32. The van der Waals surface area contributed by atoms with Crippen LogP contribution in [-0.2, 0) is 0 Å². The molecule has 1 amide bonds. The minimum absolute atomic E-state index is 0.219. The van der Waals surface area contributed by atoms with Crippen molar-refractivity contribution in [3.63, 3.8) is 0 Å². The topological polar surface area (TPSA) is 63.7 Å². The van der Waals surface area contributed by atoms with Gasteiger partial charge in [-0.05, 0) is 32.0 Å². The van der Waals surface area contributed by atoms with Crippen LogP contribution < -0.4 is 19.7 Å². The molecule has 0 aliphatic heterocycles. The van der Waals surface area contributed by atoms with Gasteiger partial charge in [0.2, 0.25) is 0 Å². The molecule has 0 spiro atoms. The number of amides is 1. The van der Waals surface area contributed by atoms with Gasteiger partial charge in [-0.1, -0.05) is 0 Å². The minimum atomic E-state index is -0.219. The Bertz CT molecular complexity index is 700. The molecule has 1 aromatic carbocycles. The van der Waals surface area contributed by atoms with Crippen molar-refractivity contribution >= 4 is 17.3 Å². The summed E-state index contributed by atoms with van der Waals surface area (Å²) in [4.78, 5) is 18.8. The molecule has 24 heavy (non-hydrogen) atoms. The van der Waals surface area contributed by atoms with Gasteiger partial charge in [0.15, 0.2) is 11.5 Å². The number of aromatic nitrogens is 1. The van der Waals surface area contributed by atoms with Gasteiger partial charge in [0.25, 0.3) is 5.91 Å². The maximum atomic E-state index is 12.5. The number of hydrogen-bond acceptors (Lipinski definition) is 5. The molecule has 6 nitrogen and oxygen atoms in total. The van der Waals surface area contributed by atoms with E-state index in [9.17, 15) is 4.79 Å². The summed E-state index contributed by atoms with van der Waals surface area (Å²) in [5.41, 5.74) is 2.07. The number of nitrogens with zero attached hydrogens (tertiary/aromatic N) is 2. The highest BCUT2D eigenvalue weighted by Gasteiger charge is 2.11. The molecular formula is C18H23N3O3. The molecule has 2 aromatic rings. The first kappa shape index (κ1) is 17.6. The summed E-state index contributed by atoms with van der Waals surface area (Å²) in [5, 5.41) is 2.85. The molecule has 0 bridgehead atoms. The van der Waals surface area contributed by atoms with Gasteiger partial charge >= 0.3 is 0 Å². The van der Waals surface area contributed by atoms with Crippen molar-refractivity contribution in [1.82, 2.24) is 4.98 Å². The van der Waals surface area contributed by atoms with Crippen LogP contribution in [0.1, 0.15) is 24.2 Å². The number of rotatable bonds is 7. The monoisotopic (exact) mass is 329 g/mol. The smallest absolute Gasteiger partial charge is 0.257 e. The molecule has 1 heterocycles. The molecule has 0 fully saturated rings. The van der Waals surface area contributed by atoms with Crippen molar-refractivity contribution in [1.29, 1.82) is 0 Å². The fourth-order valence-electron chi connectivity index (χ4n) is 2.43. The van der Waals surface area contributed by atoms with Crippen molar-refractivity contribution in [2.24, 2.45) is 0 Å². The van der Waals surface area contributed by atoms with Gasteiger partial charge in [0, 0.05) is 31.0 Å².